The van der Waals surface area contributed by atoms with E-state index in [2.05, 4.69) is 9.88 Å². The summed E-state index contributed by atoms with van der Waals surface area (Å²) in [5.41, 5.74) is 1.05. The van der Waals surface area contributed by atoms with Crippen LogP contribution in [0.15, 0.2) is 30.6 Å². The van der Waals surface area contributed by atoms with Crippen LogP contribution < -0.4 is 9.64 Å². The fourth-order valence-corrected chi connectivity index (χ4v) is 3.16. The number of anilines is 1. The zero-order valence-corrected chi connectivity index (χ0v) is 12.6. The molecule has 7 nitrogen and oxygen atoms in total. The van der Waals surface area contributed by atoms with Crippen LogP contribution in [0.2, 0.25) is 0 Å². The molecule has 1 aliphatic rings. The van der Waals surface area contributed by atoms with Crippen molar-refractivity contribution >= 4 is 11.6 Å². The van der Waals surface area contributed by atoms with E-state index in [4.69, 9.17) is 4.74 Å². The molecule has 2 heterocycles. The molecule has 2 aromatic rings. The van der Waals surface area contributed by atoms with E-state index >= 15 is 0 Å². The first-order valence-electron chi connectivity index (χ1n) is 7.18. The summed E-state index contributed by atoms with van der Waals surface area (Å²) in [4.78, 5) is 16.8. The molecule has 1 aliphatic heterocycles. The molecule has 22 heavy (non-hydrogen) atoms. The maximum Gasteiger partial charge on any atom is 0.406 e. The van der Waals surface area contributed by atoms with Crippen LogP contribution in [0.3, 0.4) is 0 Å². The van der Waals surface area contributed by atoms with Gasteiger partial charge in [-0.3, -0.25) is 4.57 Å². The summed E-state index contributed by atoms with van der Waals surface area (Å²) in [6.45, 7) is 0.767. The molecule has 0 amide bonds. The first-order chi connectivity index (χ1) is 10.6. The molecule has 0 radical (unpaired) electrons. The third kappa shape index (κ3) is 2.28. The fraction of sp³-hybridized carbons (Fsp3) is 0.400. The minimum absolute atomic E-state index is 0.0604. The highest BCUT2D eigenvalue weighted by molar-refractivity contribution is 5.58. The van der Waals surface area contributed by atoms with Crippen LogP contribution in [0, 0.1) is 10.1 Å². The molecule has 1 saturated heterocycles. The Kier molecular flexibility index (Phi) is 3.70. The minimum Gasteiger partial charge on any atom is -0.496 e. The van der Waals surface area contributed by atoms with Crippen molar-refractivity contribution in [3.8, 4) is 5.75 Å². The van der Waals surface area contributed by atoms with Crippen LogP contribution in [0.1, 0.15) is 24.4 Å². The van der Waals surface area contributed by atoms with E-state index in [-0.39, 0.29) is 11.9 Å². The van der Waals surface area contributed by atoms with Gasteiger partial charge in [-0.1, -0.05) is 18.2 Å². The molecule has 0 N–H and O–H groups in total. The van der Waals surface area contributed by atoms with Crippen LogP contribution in [-0.4, -0.2) is 28.1 Å². The Balaban J connectivity index is 2.04. The second kappa shape index (κ2) is 5.67. The predicted octanol–water partition coefficient (Wildman–Crippen LogP) is 2.68. The number of aromatic nitrogens is 2. The standard InChI is InChI=1S/C15H18N4O3/c1-17-10-16-14(19(20)21)15(17)18-9-5-7-12(18)11-6-3-4-8-13(11)22-2/h3-4,6,8,10,12H,5,7,9H2,1-2H3/t12-/m1/s1. The summed E-state index contributed by atoms with van der Waals surface area (Å²) in [5, 5.41) is 11.2. The van der Waals surface area contributed by atoms with E-state index in [1.165, 1.54) is 6.33 Å². The van der Waals surface area contributed by atoms with Crippen molar-refractivity contribution < 1.29 is 9.66 Å². The van der Waals surface area contributed by atoms with Gasteiger partial charge in [0.1, 0.15) is 5.75 Å². The van der Waals surface area contributed by atoms with Crippen molar-refractivity contribution in [2.45, 2.75) is 18.9 Å². The van der Waals surface area contributed by atoms with Crippen molar-refractivity contribution in [2.75, 3.05) is 18.6 Å². The Labute approximate surface area is 128 Å². The van der Waals surface area contributed by atoms with Gasteiger partial charge in [-0.05, 0) is 28.8 Å². The summed E-state index contributed by atoms with van der Waals surface area (Å²) in [7, 11) is 3.43. The third-order valence-electron chi connectivity index (χ3n) is 4.08. The number of para-hydroxylation sites is 1. The van der Waals surface area contributed by atoms with E-state index < -0.39 is 4.92 Å². The monoisotopic (exact) mass is 302 g/mol. The maximum atomic E-state index is 11.2. The molecule has 0 spiro atoms. The Hall–Kier alpha value is -2.57. The van der Waals surface area contributed by atoms with Gasteiger partial charge in [0.15, 0.2) is 0 Å². The van der Waals surface area contributed by atoms with Gasteiger partial charge in [0.2, 0.25) is 12.1 Å². The van der Waals surface area contributed by atoms with Crippen LogP contribution in [0.25, 0.3) is 0 Å². The van der Waals surface area contributed by atoms with E-state index in [1.807, 2.05) is 24.3 Å². The molecule has 1 atom stereocenters. The van der Waals surface area contributed by atoms with Crippen molar-refractivity contribution in [2.24, 2.45) is 7.05 Å². The maximum absolute atomic E-state index is 11.2. The number of hydrogen-bond donors (Lipinski definition) is 0. The summed E-state index contributed by atoms with van der Waals surface area (Å²) in [6, 6.07) is 7.89. The molecule has 0 aliphatic carbocycles. The molecule has 3 rings (SSSR count). The zero-order valence-electron chi connectivity index (χ0n) is 12.6. The first-order valence-corrected chi connectivity index (χ1v) is 7.18. The number of aryl methyl sites for hydroxylation is 1. The zero-order chi connectivity index (χ0) is 15.7. The number of benzene rings is 1. The smallest absolute Gasteiger partial charge is 0.406 e. The highest BCUT2D eigenvalue weighted by atomic mass is 16.6. The summed E-state index contributed by atoms with van der Waals surface area (Å²) in [6.07, 6.45) is 3.40. The lowest BCUT2D eigenvalue weighted by Crippen LogP contribution is -2.25. The SMILES string of the molecule is COc1ccccc1[C@H]1CCCN1c1c([N+](=O)[O-])ncn1C. The summed E-state index contributed by atoms with van der Waals surface area (Å²) >= 11 is 0. The highest BCUT2D eigenvalue weighted by Crippen LogP contribution is 2.42. The number of hydrogen-bond acceptors (Lipinski definition) is 5. The van der Waals surface area contributed by atoms with Gasteiger partial charge in [-0.25, -0.2) is 0 Å². The van der Waals surface area contributed by atoms with Crippen LogP contribution in [-0.2, 0) is 7.05 Å². The van der Waals surface area contributed by atoms with Crippen molar-refractivity contribution in [3.63, 3.8) is 0 Å². The van der Waals surface area contributed by atoms with Gasteiger partial charge < -0.3 is 19.8 Å². The second-order valence-electron chi connectivity index (χ2n) is 5.35. The molecule has 1 aromatic carbocycles. The number of nitrogens with zero attached hydrogens (tertiary/aromatic N) is 4. The summed E-state index contributed by atoms with van der Waals surface area (Å²) < 4.78 is 7.16. The predicted molar refractivity (Wildman–Crippen MR) is 82.2 cm³/mol. The number of nitro groups is 1. The molecular weight excluding hydrogens is 284 g/mol. The quantitative estimate of drug-likeness (QED) is 0.641. The Morgan fingerprint density at radius 2 is 2.18 bits per heavy atom. The van der Waals surface area contributed by atoms with E-state index in [1.54, 1.807) is 18.7 Å². The van der Waals surface area contributed by atoms with Gasteiger partial charge in [0, 0.05) is 19.2 Å². The largest absolute Gasteiger partial charge is 0.496 e. The highest BCUT2D eigenvalue weighted by Gasteiger charge is 2.35. The molecule has 7 heteroatoms. The molecule has 1 aromatic heterocycles. The van der Waals surface area contributed by atoms with Gasteiger partial charge in [-0.2, -0.15) is 0 Å². The van der Waals surface area contributed by atoms with Crippen LogP contribution in [0.5, 0.6) is 5.75 Å². The number of rotatable bonds is 4. The van der Waals surface area contributed by atoms with Crippen molar-refractivity contribution in [1.29, 1.82) is 0 Å². The van der Waals surface area contributed by atoms with Gasteiger partial charge in [0.25, 0.3) is 0 Å². The van der Waals surface area contributed by atoms with E-state index in [9.17, 15) is 10.1 Å². The van der Waals surface area contributed by atoms with Gasteiger partial charge in [-0.15, -0.1) is 0 Å². The average Bonchev–Trinajstić information content (AvgIpc) is 3.13. The van der Waals surface area contributed by atoms with Gasteiger partial charge in [0.05, 0.1) is 13.2 Å². The van der Waals surface area contributed by atoms with E-state index in [0.717, 1.165) is 30.7 Å². The molecule has 0 bridgehead atoms. The number of methoxy groups -OCH3 is 1. The van der Waals surface area contributed by atoms with Gasteiger partial charge >= 0.3 is 5.82 Å². The first kappa shape index (κ1) is 14.4. The lowest BCUT2D eigenvalue weighted by molar-refractivity contribution is -0.388. The van der Waals surface area contributed by atoms with E-state index in [0.29, 0.717) is 5.82 Å². The molecule has 116 valence electrons. The fourth-order valence-electron chi connectivity index (χ4n) is 3.16. The molecular formula is C15H18N4O3. The third-order valence-corrected chi connectivity index (χ3v) is 4.08. The Bertz CT molecular complexity index is 698. The minimum atomic E-state index is -0.424. The molecule has 0 unspecified atom stereocenters. The van der Waals surface area contributed by atoms with Crippen LogP contribution >= 0.6 is 0 Å². The number of ether oxygens (including phenoxy) is 1. The topological polar surface area (TPSA) is 73.4 Å². The molecule has 1 fully saturated rings. The van der Waals surface area contributed by atoms with Crippen molar-refractivity contribution in [3.05, 3.63) is 46.3 Å². The lowest BCUT2D eigenvalue weighted by atomic mass is 10.0. The second-order valence-corrected chi connectivity index (χ2v) is 5.35. The normalized spacial score (nSPS) is 17.7. The number of imidazole rings is 1. The van der Waals surface area contributed by atoms with Crippen LogP contribution in [0.4, 0.5) is 11.6 Å². The average molecular weight is 302 g/mol. The molecule has 0 saturated carbocycles. The van der Waals surface area contributed by atoms with Crippen molar-refractivity contribution in [1.82, 2.24) is 9.55 Å². The Morgan fingerprint density at radius 3 is 2.91 bits per heavy atom. The lowest BCUT2D eigenvalue weighted by Gasteiger charge is -2.27. The Morgan fingerprint density at radius 1 is 1.41 bits per heavy atom. The summed E-state index contributed by atoms with van der Waals surface area (Å²) in [5.74, 6) is 1.27.